The van der Waals surface area contributed by atoms with Gasteiger partial charge < -0.3 is 35.0 Å². The van der Waals surface area contributed by atoms with Crippen molar-refractivity contribution >= 4 is 29.4 Å². The van der Waals surface area contributed by atoms with Gasteiger partial charge in [0.2, 0.25) is 11.8 Å². The largest absolute Gasteiger partial charge is 0.481 e. The van der Waals surface area contributed by atoms with Crippen molar-refractivity contribution in [1.82, 2.24) is 24.6 Å². The number of carboxylic acid groups (broad SMARTS) is 2. The minimum Gasteiger partial charge on any atom is -0.481 e. The molecular formula is C37H49N7O6. The number of nitrogens with one attached hydrogen (secondary N) is 1. The molecule has 2 atom stereocenters. The van der Waals surface area contributed by atoms with Crippen LogP contribution < -0.4 is 15.0 Å². The van der Waals surface area contributed by atoms with E-state index in [9.17, 15) is 19.5 Å². The van der Waals surface area contributed by atoms with Crippen molar-refractivity contribution in [3.05, 3.63) is 58.9 Å². The summed E-state index contributed by atoms with van der Waals surface area (Å²) in [7, 11) is 0. The van der Waals surface area contributed by atoms with Crippen LogP contribution in [0.3, 0.4) is 0 Å². The number of hydrogen-bond donors (Lipinski definition) is 3. The normalized spacial score (nSPS) is 18.4. The molecule has 3 aliphatic heterocycles. The number of carbonyl (C=O) groups is 3. The molecule has 13 heteroatoms. The highest BCUT2D eigenvalue weighted by molar-refractivity contribution is 5.77. The maximum atomic E-state index is 12.7. The van der Waals surface area contributed by atoms with Crippen molar-refractivity contribution in [3.63, 3.8) is 0 Å². The highest BCUT2D eigenvalue weighted by Crippen LogP contribution is 2.32. The van der Waals surface area contributed by atoms with Gasteiger partial charge in [-0.25, -0.2) is 4.68 Å². The Morgan fingerprint density at radius 3 is 2.52 bits per heavy atom. The average molecular weight is 688 g/mol. The van der Waals surface area contributed by atoms with E-state index in [4.69, 9.17) is 14.9 Å². The zero-order valence-electron chi connectivity index (χ0n) is 29.1. The maximum Gasteiger partial charge on any atom is 0.304 e. The van der Waals surface area contributed by atoms with Gasteiger partial charge in [0.15, 0.2) is 0 Å². The van der Waals surface area contributed by atoms with Gasteiger partial charge in [0.25, 0.3) is 0 Å². The first-order valence-corrected chi connectivity index (χ1v) is 17.8. The SMILES string of the molecule is Cc1cc(C)n(-c2cc(C(CC(=O)O)CN3CCC(COc4ccc5c(n4)NCCC5)C3)cc(N3CCN(C(=O)CCCC(=O)O)CC3)c2)n1. The number of carboxylic acids is 2. The second-order valence-corrected chi connectivity index (χ2v) is 13.9. The standard InChI is InChI=1S/C37H49N7O6/c1-25-17-26(2)44(40-25)32-19-29(18-31(21-32)42-13-15-43(16-14-42)34(45)6-3-7-35(46)47)30(20-36(48)49)23-41-12-10-27(22-41)24-50-33-9-8-28-5-4-11-38-37(28)39-33/h8-9,17-19,21,27,30H,3-7,10-16,20,22-24H2,1-2H3,(H,38,39)(H,46,47)(H,48,49). The molecule has 0 saturated carbocycles. The summed E-state index contributed by atoms with van der Waals surface area (Å²) in [6.07, 6.45) is 3.67. The lowest BCUT2D eigenvalue weighted by atomic mass is 9.93. The second kappa shape index (κ2) is 15.9. The quantitative estimate of drug-likeness (QED) is 0.225. The lowest BCUT2D eigenvalue weighted by molar-refractivity contribution is -0.138. The summed E-state index contributed by atoms with van der Waals surface area (Å²) < 4.78 is 8.05. The molecule has 6 rings (SSSR count). The van der Waals surface area contributed by atoms with Gasteiger partial charge in [-0.2, -0.15) is 10.1 Å². The van der Waals surface area contributed by atoms with Crippen molar-refractivity contribution in [1.29, 1.82) is 0 Å². The zero-order valence-corrected chi connectivity index (χ0v) is 29.1. The number of piperazine rings is 1. The van der Waals surface area contributed by atoms with E-state index in [1.54, 1.807) is 0 Å². The molecule has 3 aliphatic rings. The fourth-order valence-electron chi connectivity index (χ4n) is 7.43. The number of aryl methyl sites for hydroxylation is 3. The monoisotopic (exact) mass is 687 g/mol. The van der Waals surface area contributed by atoms with E-state index < -0.39 is 11.9 Å². The fraction of sp³-hybridized carbons (Fsp3) is 0.541. The van der Waals surface area contributed by atoms with Crippen molar-refractivity contribution in [2.24, 2.45) is 5.92 Å². The molecule has 2 unspecified atom stereocenters. The number of rotatable bonds is 14. The van der Waals surface area contributed by atoms with Gasteiger partial charge in [-0.1, -0.05) is 0 Å². The molecule has 1 amide bonds. The highest BCUT2D eigenvalue weighted by Gasteiger charge is 2.29. The number of aliphatic carboxylic acids is 2. The molecular weight excluding hydrogens is 638 g/mol. The summed E-state index contributed by atoms with van der Waals surface area (Å²) in [5.74, 6) is -0.110. The van der Waals surface area contributed by atoms with Gasteiger partial charge in [-0.3, -0.25) is 14.4 Å². The lowest BCUT2D eigenvalue weighted by Crippen LogP contribution is -2.48. The Balaban J connectivity index is 1.15. The van der Waals surface area contributed by atoms with Gasteiger partial charge in [0.1, 0.15) is 5.82 Å². The summed E-state index contributed by atoms with van der Waals surface area (Å²) in [6, 6.07) is 12.4. The maximum absolute atomic E-state index is 12.7. The molecule has 2 saturated heterocycles. The third-order valence-corrected chi connectivity index (χ3v) is 10.0. The van der Waals surface area contributed by atoms with Crippen molar-refractivity contribution in [2.45, 2.75) is 64.7 Å². The average Bonchev–Trinajstić information content (AvgIpc) is 3.70. The van der Waals surface area contributed by atoms with Crippen LogP contribution in [0.2, 0.25) is 0 Å². The Morgan fingerprint density at radius 1 is 0.980 bits per heavy atom. The number of carbonyl (C=O) groups excluding carboxylic acids is 1. The Kier molecular flexibility index (Phi) is 11.2. The number of nitrogens with zero attached hydrogens (tertiary/aromatic N) is 6. The number of ether oxygens (including phenoxy) is 1. The highest BCUT2D eigenvalue weighted by atomic mass is 16.5. The van der Waals surface area contributed by atoms with Crippen LogP contribution in [-0.4, -0.2) is 112 Å². The van der Waals surface area contributed by atoms with Crippen LogP contribution in [0.25, 0.3) is 5.69 Å². The molecule has 3 N–H and O–H groups in total. The van der Waals surface area contributed by atoms with Crippen molar-refractivity contribution < 1.29 is 29.3 Å². The molecule has 2 aromatic heterocycles. The summed E-state index contributed by atoms with van der Waals surface area (Å²) in [5.41, 5.74) is 5.92. The van der Waals surface area contributed by atoms with Gasteiger partial charge in [0.05, 0.1) is 24.4 Å². The molecule has 268 valence electrons. The minimum atomic E-state index is -0.892. The summed E-state index contributed by atoms with van der Waals surface area (Å²) in [5, 5.41) is 27.1. The van der Waals surface area contributed by atoms with Crippen molar-refractivity contribution in [3.8, 4) is 11.6 Å². The summed E-state index contributed by atoms with van der Waals surface area (Å²) >= 11 is 0. The first-order chi connectivity index (χ1) is 24.1. The third kappa shape index (κ3) is 8.92. The van der Waals surface area contributed by atoms with Crippen LogP contribution in [0, 0.1) is 19.8 Å². The summed E-state index contributed by atoms with van der Waals surface area (Å²) in [4.78, 5) is 46.9. The third-order valence-electron chi connectivity index (χ3n) is 10.0. The minimum absolute atomic E-state index is 0.00233. The molecule has 3 aromatic rings. The van der Waals surface area contributed by atoms with Crippen LogP contribution in [0.5, 0.6) is 5.88 Å². The molecule has 2 fully saturated rings. The number of aromatic nitrogens is 3. The van der Waals surface area contributed by atoms with Crippen LogP contribution in [0.4, 0.5) is 11.5 Å². The van der Waals surface area contributed by atoms with Crippen molar-refractivity contribution in [2.75, 3.05) is 69.2 Å². The predicted octanol–water partition coefficient (Wildman–Crippen LogP) is 4.10. The topological polar surface area (TPSA) is 153 Å². The summed E-state index contributed by atoms with van der Waals surface area (Å²) in [6.45, 7) is 10.1. The van der Waals surface area contributed by atoms with E-state index >= 15 is 0 Å². The first-order valence-electron chi connectivity index (χ1n) is 17.8. The lowest BCUT2D eigenvalue weighted by Gasteiger charge is -2.37. The Morgan fingerprint density at radius 2 is 1.78 bits per heavy atom. The molecule has 0 radical (unpaired) electrons. The fourth-order valence-corrected chi connectivity index (χ4v) is 7.43. The van der Waals surface area contributed by atoms with E-state index in [1.807, 2.05) is 35.6 Å². The molecule has 0 spiro atoms. The van der Waals surface area contributed by atoms with E-state index in [-0.39, 0.29) is 31.1 Å². The second-order valence-electron chi connectivity index (χ2n) is 13.9. The van der Waals surface area contributed by atoms with E-state index in [0.717, 1.165) is 73.0 Å². The number of pyridine rings is 1. The van der Waals surface area contributed by atoms with Gasteiger partial charge in [0, 0.05) is 87.9 Å². The van der Waals surface area contributed by atoms with Crippen LogP contribution in [0.15, 0.2) is 36.4 Å². The molecule has 13 nitrogen and oxygen atoms in total. The molecule has 0 aliphatic carbocycles. The molecule has 50 heavy (non-hydrogen) atoms. The smallest absolute Gasteiger partial charge is 0.304 e. The molecule has 0 bridgehead atoms. The first kappa shape index (κ1) is 35.2. The number of hydrogen-bond acceptors (Lipinski definition) is 9. The van der Waals surface area contributed by atoms with Gasteiger partial charge in [-0.15, -0.1) is 0 Å². The number of anilines is 2. The van der Waals surface area contributed by atoms with Gasteiger partial charge in [-0.05, 0) is 87.5 Å². The Hall–Kier alpha value is -4.65. The van der Waals surface area contributed by atoms with Crippen LogP contribution in [-0.2, 0) is 20.8 Å². The number of benzene rings is 1. The molecule has 1 aromatic carbocycles. The van der Waals surface area contributed by atoms with E-state index in [1.165, 1.54) is 5.56 Å². The van der Waals surface area contributed by atoms with Gasteiger partial charge >= 0.3 is 11.9 Å². The van der Waals surface area contributed by atoms with E-state index in [0.29, 0.717) is 57.5 Å². The Bertz CT molecular complexity index is 1680. The predicted molar refractivity (Wildman–Crippen MR) is 189 cm³/mol. The van der Waals surface area contributed by atoms with Crippen LogP contribution in [0.1, 0.15) is 67.0 Å². The molecule has 5 heterocycles. The number of amides is 1. The van der Waals surface area contributed by atoms with E-state index in [2.05, 4.69) is 44.4 Å². The Labute approximate surface area is 293 Å². The number of likely N-dealkylation sites (tertiary alicyclic amines) is 1. The van der Waals surface area contributed by atoms with Crippen LogP contribution >= 0.6 is 0 Å². The zero-order chi connectivity index (χ0) is 35.2. The number of fused-ring (bicyclic) bond motifs is 1.